The molecule has 2 aromatic rings. The van der Waals surface area contributed by atoms with Crippen LogP contribution in [0.15, 0.2) is 24.4 Å². The lowest BCUT2D eigenvalue weighted by atomic mass is 9.90. The van der Waals surface area contributed by atoms with E-state index in [4.69, 9.17) is 4.74 Å². The van der Waals surface area contributed by atoms with Crippen molar-refractivity contribution in [3.63, 3.8) is 0 Å². The Kier molecular flexibility index (Phi) is 2.35. The highest BCUT2D eigenvalue weighted by Gasteiger charge is 2.44. The van der Waals surface area contributed by atoms with E-state index in [1.54, 1.807) is 6.20 Å². The molecule has 0 spiro atoms. The van der Waals surface area contributed by atoms with Gasteiger partial charge < -0.3 is 9.64 Å². The summed E-state index contributed by atoms with van der Waals surface area (Å²) in [6.07, 6.45) is 3.35. The maximum Gasteiger partial charge on any atom is 0.227 e. The van der Waals surface area contributed by atoms with Crippen molar-refractivity contribution in [2.75, 3.05) is 13.2 Å². The Morgan fingerprint density at radius 1 is 1.42 bits per heavy atom. The summed E-state index contributed by atoms with van der Waals surface area (Å²) in [6.45, 7) is 1.39. The van der Waals surface area contributed by atoms with Crippen molar-refractivity contribution in [2.45, 2.75) is 24.9 Å². The first-order valence-electron chi connectivity index (χ1n) is 6.62. The second-order valence-electron chi connectivity index (χ2n) is 5.35. The number of aromatic nitrogens is 2. The van der Waals surface area contributed by atoms with Gasteiger partial charge in [0, 0.05) is 5.39 Å². The van der Waals surface area contributed by atoms with Gasteiger partial charge in [-0.2, -0.15) is 5.10 Å². The van der Waals surface area contributed by atoms with E-state index in [1.165, 1.54) is 0 Å². The summed E-state index contributed by atoms with van der Waals surface area (Å²) in [7, 11) is 0. The molecule has 19 heavy (non-hydrogen) atoms. The Hall–Kier alpha value is -1.88. The van der Waals surface area contributed by atoms with Gasteiger partial charge >= 0.3 is 0 Å². The van der Waals surface area contributed by atoms with Crippen LogP contribution in [0.3, 0.4) is 0 Å². The number of amides is 1. The van der Waals surface area contributed by atoms with E-state index in [0.717, 1.165) is 22.9 Å². The topological polar surface area (TPSA) is 58.2 Å². The van der Waals surface area contributed by atoms with Crippen LogP contribution in [0.2, 0.25) is 0 Å². The van der Waals surface area contributed by atoms with Crippen LogP contribution in [0, 0.1) is 0 Å². The van der Waals surface area contributed by atoms with Gasteiger partial charge in [0.25, 0.3) is 0 Å². The SMILES string of the molecule is O=C(Cc1ccc2cn[nH]c2c1)N1[C@H]2COC[C@H]1C2. The molecule has 2 aliphatic rings. The molecule has 0 aliphatic carbocycles. The predicted molar refractivity (Wildman–Crippen MR) is 69.7 cm³/mol. The normalized spacial score (nSPS) is 25.4. The van der Waals surface area contributed by atoms with Crippen LogP contribution >= 0.6 is 0 Å². The molecule has 2 aliphatic heterocycles. The van der Waals surface area contributed by atoms with Gasteiger partial charge in [0.15, 0.2) is 0 Å². The Morgan fingerprint density at radius 2 is 2.26 bits per heavy atom. The first kappa shape index (κ1) is 11.0. The monoisotopic (exact) mass is 257 g/mol. The molecule has 0 radical (unpaired) electrons. The fourth-order valence-corrected chi connectivity index (χ4v) is 3.11. The zero-order valence-electron chi connectivity index (χ0n) is 10.5. The molecule has 1 aromatic carbocycles. The molecule has 98 valence electrons. The summed E-state index contributed by atoms with van der Waals surface area (Å²) in [6, 6.07) is 6.62. The van der Waals surface area contributed by atoms with Gasteiger partial charge in [-0.3, -0.25) is 9.89 Å². The van der Waals surface area contributed by atoms with Gasteiger partial charge in [-0.25, -0.2) is 0 Å². The fourth-order valence-electron chi connectivity index (χ4n) is 3.11. The molecule has 1 N–H and O–H groups in total. The molecule has 2 atom stereocenters. The van der Waals surface area contributed by atoms with Crippen LogP contribution in [0.25, 0.3) is 10.9 Å². The van der Waals surface area contributed by atoms with E-state index in [2.05, 4.69) is 10.2 Å². The summed E-state index contributed by atoms with van der Waals surface area (Å²) >= 11 is 0. The lowest BCUT2D eigenvalue weighted by Crippen LogP contribution is -2.65. The number of carbonyl (C=O) groups is 1. The van der Waals surface area contributed by atoms with Gasteiger partial charge in [-0.15, -0.1) is 0 Å². The van der Waals surface area contributed by atoms with E-state index in [0.29, 0.717) is 31.7 Å². The van der Waals surface area contributed by atoms with E-state index in [1.807, 2.05) is 23.1 Å². The number of nitrogens with one attached hydrogen (secondary N) is 1. The summed E-state index contributed by atoms with van der Waals surface area (Å²) in [4.78, 5) is 14.3. The third-order valence-corrected chi connectivity index (χ3v) is 4.10. The summed E-state index contributed by atoms with van der Waals surface area (Å²) in [5.41, 5.74) is 2.02. The van der Waals surface area contributed by atoms with Crippen molar-refractivity contribution in [1.29, 1.82) is 0 Å². The van der Waals surface area contributed by atoms with Crippen LogP contribution in [-0.4, -0.2) is 46.3 Å². The number of carbonyl (C=O) groups excluding carboxylic acids is 1. The number of nitrogens with zero attached hydrogens (tertiary/aromatic N) is 2. The minimum Gasteiger partial charge on any atom is -0.377 e. The standard InChI is InChI=1S/C14H15N3O2/c18-14(17-11-5-12(17)8-19-7-11)4-9-1-2-10-6-15-16-13(10)3-9/h1-3,6,11-12H,4-5,7-8H2,(H,15,16)/t11-,12-/m1/s1. The predicted octanol–water partition coefficient (Wildman–Crippen LogP) is 1.11. The molecule has 3 heterocycles. The van der Waals surface area contributed by atoms with Gasteiger partial charge in [0.05, 0.1) is 43.4 Å². The molecular weight excluding hydrogens is 242 g/mol. The van der Waals surface area contributed by atoms with Gasteiger partial charge in [-0.1, -0.05) is 12.1 Å². The maximum absolute atomic E-state index is 12.3. The highest BCUT2D eigenvalue weighted by Crippen LogP contribution is 2.31. The average Bonchev–Trinajstić information content (AvgIpc) is 2.86. The fraction of sp³-hybridized carbons (Fsp3) is 0.429. The van der Waals surface area contributed by atoms with Crippen LogP contribution in [0.4, 0.5) is 0 Å². The minimum absolute atomic E-state index is 0.211. The molecule has 4 rings (SSSR count). The lowest BCUT2D eigenvalue weighted by Gasteiger charge is -2.52. The minimum atomic E-state index is 0.211. The number of rotatable bonds is 2. The first-order valence-corrected chi connectivity index (χ1v) is 6.62. The van der Waals surface area contributed by atoms with Crippen molar-refractivity contribution < 1.29 is 9.53 Å². The third-order valence-electron chi connectivity index (χ3n) is 4.10. The third kappa shape index (κ3) is 1.73. The van der Waals surface area contributed by atoms with E-state index >= 15 is 0 Å². The highest BCUT2D eigenvalue weighted by atomic mass is 16.5. The average molecular weight is 257 g/mol. The molecule has 2 bridgehead atoms. The Morgan fingerprint density at radius 3 is 3.05 bits per heavy atom. The van der Waals surface area contributed by atoms with Crippen molar-refractivity contribution >= 4 is 16.8 Å². The van der Waals surface area contributed by atoms with Crippen molar-refractivity contribution in [3.05, 3.63) is 30.0 Å². The summed E-state index contributed by atoms with van der Waals surface area (Å²) < 4.78 is 5.40. The number of hydrogen-bond donors (Lipinski definition) is 1. The van der Waals surface area contributed by atoms with Crippen molar-refractivity contribution in [2.24, 2.45) is 0 Å². The lowest BCUT2D eigenvalue weighted by molar-refractivity contribution is -0.166. The molecule has 5 nitrogen and oxygen atoms in total. The van der Waals surface area contributed by atoms with Crippen molar-refractivity contribution in [3.8, 4) is 0 Å². The maximum atomic E-state index is 12.3. The summed E-state index contributed by atoms with van der Waals surface area (Å²) in [5, 5.41) is 8.00. The zero-order valence-corrected chi connectivity index (χ0v) is 10.5. The first-order chi connectivity index (χ1) is 9.31. The van der Waals surface area contributed by atoms with Crippen LogP contribution < -0.4 is 0 Å². The Balaban J connectivity index is 1.52. The van der Waals surface area contributed by atoms with Gasteiger partial charge in [-0.05, 0) is 18.1 Å². The summed E-state index contributed by atoms with van der Waals surface area (Å²) in [5.74, 6) is 0.211. The molecule has 5 heteroatoms. The second kappa shape index (κ2) is 4.06. The van der Waals surface area contributed by atoms with E-state index < -0.39 is 0 Å². The molecule has 1 aromatic heterocycles. The van der Waals surface area contributed by atoms with Crippen molar-refractivity contribution in [1.82, 2.24) is 15.1 Å². The van der Waals surface area contributed by atoms with E-state index in [-0.39, 0.29) is 5.91 Å². The quantitative estimate of drug-likeness (QED) is 0.876. The number of hydrogen-bond acceptors (Lipinski definition) is 3. The van der Waals surface area contributed by atoms with Gasteiger partial charge in [0.2, 0.25) is 5.91 Å². The number of benzene rings is 1. The second-order valence-corrected chi connectivity index (χ2v) is 5.35. The van der Waals surface area contributed by atoms with Crippen LogP contribution in [0.1, 0.15) is 12.0 Å². The smallest absolute Gasteiger partial charge is 0.227 e. The van der Waals surface area contributed by atoms with Gasteiger partial charge in [0.1, 0.15) is 0 Å². The molecule has 0 saturated carbocycles. The molecule has 1 amide bonds. The van der Waals surface area contributed by atoms with E-state index in [9.17, 15) is 4.79 Å². The molecule has 2 fully saturated rings. The Labute approximate surface area is 110 Å². The number of H-pyrrole nitrogens is 1. The number of aromatic amines is 1. The Bertz CT molecular complexity index is 622. The van der Waals surface area contributed by atoms with Crippen LogP contribution in [-0.2, 0) is 16.0 Å². The largest absolute Gasteiger partial charge is 0.377 e. The highest BCUT2D eigenvalue weighted by molar-refractivity contribution is 5.83. The number of morpholine rings is 1. The number of ether oxygens (including phenoxy) is 1. The van der Waals surface area contributed by atoms with Crippen LogP contribution in [0.5, 0.6) is 0 Å². The number of fused-ring (bicyclic) bond motifs is 3. The molecule has 2 saturated heterocycles. The molecular formula is C14H15N3O2. The molecule has 0 unspecified atom stereocenters. The zero-order chi connectivity index (χ0) is 12.8.